The number of nitrogens with one attached hydrogen (secondary N) is 1. The van der Waals surface area contributed by atoms with Crippen LogP contribution in [0.2, 0.25) is 0 Å². The molecule has 4 heterocycles. The van der Waals surface area contributed by atoms with Crippen molar-refractivity contribution in [1.29, 1.82) is 0 Å². The van der Waals surface area contributed by atoms with Gasteiger partial charge in [-0.2, -0.15) is 11.8 Å². The molecule has 40 heavy (non-hydrogen) atoms. The van der Waals surface area contributed by atoms with Gasteiger partial charge in [0.1, 0.15) is 16.5 Å². The first-order chi connectivity index (χ1) is 19.5. The molecule has 214 valence electrons. The topological polar surface area (TPSA) is 98.9 Å². The van der Waals surface area contributed by atoms with Gasteiger partial charge in [0.05, 0.1) is 17.1 Å². The number of thioether (sulfide) groups is 2. The van der Waals surface area contributed by atoms with Crippen molar-refractivity contribution in [2.75, 3.05) is 17.3 Å². The number of rotatable bonds is 9. The third-order valence-electron chi connectivity index (χ3n) is 7.88. The average molecular weight is 586 g/mol. The number of hydrogen-bond acceptors (Lipinski definition) is 7. The van der Waals surface area contributed by atoms with E-state index in [1.165, 1.54) is 10.6 Å². The highest BCUT2D eigenvalue weighted by atomic mass is 32.2. The maximum Gasteiger partial charge on any atom is 0.333 e. The molecule has 1 saturated heterocycles. The molecule has 3 aromatic rings. The van der Waals surface area contributed by atoms with Gasteiger partial charge in [-0.1, -0.05) is 19.8 Å². The number of aromatic nitrogens is 4. The second-order valence-corrected chi connectivity index (χ2v) is 12.9. The highest BCUT2D eigenvalue weighted by Gasteiger charge is 2.30. The molecule has 2 fully saturated rings. The molecule has 2 aliphatic rings. The lowest BCUT2D eigenvalue weighted by Crippen LogP contribution is -2.46. The summed E-state index contributed by atoms with van der Waals surface area (Å²) in [7, 11) is 0. The molecule has 0 bridgehead atoms. The summed E-state index contributed by atoms with van der Waals surface area (Å²) < 4.78 is 17.1. The van der Waals surface area contributed by atoms with Crippen molar-refractivity contribution < 1.29 is 9.18 Å². The van der Waals surface area contributed by atoms with Crippen molar-refractivity contribution in [3.05, 3.63) is 62.8 Å². The Balaban J connectivity index is 1.32. The summed E-state index contributed by atoms with van der Waals surface area (Å²) >= 11 is 3.46. The average Bonchev–Trinajstić information content (AvgIpc) is 2.97. The first-order valence-electron chi connectivity index (χ1n) is 14.3. The van der Waals surface area contributed by atoms with Crippen LogP contribution in [-0.4, -0.2) is 48.3 Å². The van der Waals surface area contributed by atoms with Crippen molar-refractivity contribution >= 4 is 40.5 Å². The van der Waals surface area contributed by atoms with Crippen LogP contribution in [0.15, 0.2) is 45.2 Å². The van der Waals surface area contributed by atoms with E-state index in [1.54, 1.807) is 28.6 Å². The van der Waals surface area contributed by atoms with E-state index >= 15 is 0 Å². The van der Waals surface area contributed by atoms with Gasteiger partial charge in [-0.05, 0) is 80.4 Å². The van der Waals surface area contributed by atoms with Gasteiger partial charge in [-0.25, -0.2) is 19.2 Å². The maximum absolute atomic E-state index is 14.2. The quantitative estimate of drug-likeness (QED) is 0.267. The minimum absolute atomic E-state index is 0.0604. The van der Waals surface area contributed by atoms with Gasteiger partial charge in [0.2, 0.25) is 0 Å². The van der Waals surface area contributed by atoms with Crippen LogP contribution in [0.3, 0.4) is 0 Å². The Bertz CT molecular complexity index is 1460. The molecule has 0 radical (unpaired) electrons. The number of amides is 1. The number of pyridine rings is 2. The molecule has 1 N–H and O–H groups in total. The van der Waals surface area contributed by atoms with E-state index in [0.29, 0.717) is 31.2 Å². The number of carbonyl (C=O) groups is 1. The van der Waals surface area contributed by atoms with E-state index < -0.39 is 11.4 Å². The standard InChI is InChI=1S/C29H36FN5O3S2/c1-2-3-4-14-40-27-23(6-5-13-31-27)26(36)33-20-7-9-21(10-8-20)35-28(37)24-17-19(30)18-32-25(24)34(29(35)38)22-11-15-39-16-12-22/h5-6,13,17-18,20-22H,2-4,7-12,14-16H2,1H3,(H,33,36)/t20-,21+. The number of halogens is 1. The van der Waals surface area contributed by atoms with E-state index in [-0.39, 0.29) is 40.8 Å². The van der Waals surface area contributed by atoms with Crippen LogP contribution in [-0.2, 0) is 0 Å². The predicted molar refractivity (Wildman–Crippen MR) is 159 cm³/mol. The molecule has 0 spiro atoms. The summed E-state index contributed by atoms with van der Waals surface area (Å²) in [5, 5.41) is 4.05. The Hall–Kier alpha value is -2.66. The van der Waals surface area contributed by atoms with Crippen LogP contribution >= 0.6 is 23.5 Å². The van der Waals surface area contributed by atoms with Crippen molar-refractivity contribution in [1.82, 2.24) is 24.4 Å². The van der Waals surface area contributed by atoms with Gasteiger partial charge in [0, 0.05) is 24.3 Å². The fourth-order valence-corrected chi connectivity index (χ4v) is 7.82. The summed E-state index contributed by atoms with van der Waals surface area (Å²) in [4.78, 5) is 49.1. The Kier molecular flexibility index (Phi) is 9.62. The van der Waals surface area contributed by atoms with Crippen LogP contribution in [0.1, 0.15) is 87.2 Å². The molecule has 0 aromatic carbocycles. The van der Waals surface area contributed by atoms with Gasteiger partial charge < -0.3 is 5.32 Å². The summed E-state index contributed by atoms with van der Waals surface area (Å²) in [5.41, 5.74) is 0.00683. The van der Waals surface area contributed by atoms with Crippen molar-refractivity contribution in [3.63, 3.8) is 0 Å². The predicted octanol–water partition coefficient (Wildman–Crippen LogP) is 5.36. The second-order valence-electron chi connectivity index (χ2n) is 10.6. The van der Waals surface area contributed by atoms with Crippen molar-refractivity contribution in [2.24, 2.45) is 0 Å². The summed E-state index contributed by atoms with van der Waals surface area (Å²) in [6.45, 7) is 2.16. The number of fused-ring (bicyclic) bond motifs is 1. The molecule has 0 atom stereocenters. The lowest BCUT2D eigenvalue weighted by molar-refractivity contribution is 0.0918. The molecule has 5 rings (SSSR count). The van der Waals surface area contributed by atoms with Gasteiger partial charge in [-0.15, -0.1) is 11.8 Å². The third kappa shape index (κ3) is 6.30. The monoisotopic (exact) mass is 585 g/mol. The maximum atomic E-state index is 14.2. The van der Waals surface area contributed by atoms with Crippen LogP contribution in [0.5, 0.6) is 0 Å². The van der Waals surface area contributed by atoms with Gasteiger partial charge in [0.15, 0.2) is 0 Å². The molecule has 1 aliphatic carbocycles. The summed E-state index contributed by atoms with van der Waals surface area (Å²) in [6, 6.07) is 4.35. The molecule has 1 aliphatic heterocycles. The molecule has 1 saturated carbocycles. The first-order valence-corrected chi connectivity index (χ1v) is 16.4. The number of hydrogen-bond donors (Lipinski definition) is 1. The normalized spacial score (nSPS) is 20.1. The Morgan fingerprint density at radius 1 is 1.07 bits per heavy atom. The van der Waals surface area contributed by atoms with E-state index in [9.17, 15) is 18.8 Å². The molecule has 1 amide bonds. The number of unbranched alkanes of at least 4 members (excludes halogenated alkanes) is 2. The zero-order valence-corrected chi connectivity index (χ0v) is 24.4. The number of carbonyl (C=O) groups excluding carboxylic acids is 1. The Morgan fingerprint density at radius 2 is 1.82 bits per heavy atom. The zero-order valence-electron chi connectivity index (χ0n) is 22.8. The Morgan fingerprint density at radius 3 is 2.58 bits per heavy atom. The SMILES string of the molecule is CCCCCSc1ncccc1C(=O)N[C@H]1CC[C@@H](n2c(=O)c3cc(F)cnc3n(C3CCSCC3)c2=O)CC1. The van der Waals surface area contributed by atoms with Gasteiger partial charge >= 0.3 is 5.69 Å². The molecule has 11 heteroatoms. The minimum atomic E-state index is -0.592. The van der Waals surface area contributed by atoms with Crippen LogP contribution < -0.4 is 16.6 Å². The highest BCUT2D eigenvalue weighted by molar-refractivity contribution is 7.99. The van der Waals surface area contributed by atoms with E-state index in [0.717, 1.165) is 60.6 Å². The molecule has 0 unspecified atom stereocenters. The van der Waals surface area contributed by atoms with E-state index in [1.807, 2.05) is 17.8 Å². The van der Waals surface area contributed by atoms with Gasteiger partial charge in [-0.3, -0.25) is 18.7 Å². The number of nitrogens with zero attached hydrogens (tertiary/aromatic N) is 4. The highest BCUT2D eigenvalue weighted by Crippen LogP contribution is 2.30. The molecule has 3 aromatic heterocycles. The lowest BCUT2D eigenvalue weighted by Gasteiger charge is -2.31. The van der Waals surface area contributed by atoms with Crippen molar-refractivity contribution in [2.45, 2.75) is 87.9 Å². The zero-order chi connectivity index (χ0) is 28.1. The van der Waals surface area contributed by atoms with Crippen molar-refractivity contribution in [3.8, 4) is 0 Å². The molecular weight excluding hydrogens is 549 g/mol. The summed E-state index contributed by atoms with van der Waals surface area (Å²) in [5.74, 6) is 2.05. The lowest BCUT2D eigenvalue weighted by atomic mass is 9.90. The van der Waals surface area contributed by atoms with E-state index in [2.05, 4.69) is 22.2 Å². The van der Waals surface area contributed by atoms with Crippen LogP contribution in [0.25, 0.3) is 11.0 Å². The molecule has 8 nitrogen and oxygen atoms in total. The Labute approximate surface area is 241 Å². The second kappa shape index (κ2) is 13.3. The smallest absolute Gasteiger partial charge is 0.333 e. The minimum Gasteiger partial charge on any atom is -0.349 e. The third-order valence-corrected chi connectivity index (χ3v) is 10.0. The fourth-order valence-electron chi connectivity index (χ4n) is 5.74. The van der Waals surface area contributed by atoms with E-state index in [4.69, 9.17) is 0 Å². The summed E-state index contributed by atoms with van der Waals surface area (Å²) in [6.07, 6.45) is 10.2. The van der Waals surface area contributed by atoms with Gasteiger partial charge in [0.25, 0.3) is 11.5 Å². The largest absolute Gasteiger partial charge is 0.349 e. The van der Waals surface area contributed by atoms with Crippen LogP contribution in [0.4, 0.5) is 4.39 Å². The first kappa shape index (κ1) is 28.9. The molecular formula is C29H36FN5O3S2. The fraction of sp³-hybridized carbons (Fsp3) is 0.552. The van der Waals surface area contributed by atoms with Crippen LogP contribution in [0, 0.1) is 5.82 Å².